The summed E-state index contributed by atoms with van der Waals surface area (Å²) in [5.41, 5.74) is 6.25. The molecule has 0 spiro atoms. The number of amides is 2. The Labute approximate surface area is 146 Å². The van der Waals surface area contributed by atoms with Crippen molar-refractivity contribution in [1.82, 2.24) is 9.80 Å². The summed E-state index contributed by atoms with van der Waals surface area (Å²) >= 11 is 0. The van der Waals surface area contributed by atoms with Crippen LogP contribution in [0.2, 0.25) is 0 Å². The number of nitrogens with zero attached hydrogens (tertiary/aromatic N) is 2. The number of rotatable bonds is 4. The molecule has 1 atom stereocenters. The van der Waals surface area contributed by atoms with E-state index in [4.69, 9.17) is 10.5 Å². The molecule has 3 rings (SSSR count). The smallest absolute Gasteiger partial charge is 0.236 e. The summed E-state index contributed by atoms with van der Waals surface area (Å²) in [7, 11) is 0. The molecule has 0 saturated carbocycles. The Morgan fingerprint density at radius 3 is 2.48 bits per heavy atom. The second kappa shape index (κ2) is 7.93. The number of likely N-dealkylation sites (tertiary alicyclic amines) is 1. The largest absolute Gasteiger partial charge is 0.371 e. The van der Waals surface area contributed by atoms with Gasteiger partial charge in [-0.15, -0.1) is 0 Å². The summed E-state index contributed by atoms with van der Waals surface area (Å²) < 4.78 is 18.8. The molecule has 0 aliphatic carbocycles. The van der Waals surface area contributed by atoms with Crippen LogP contribution in [0.25, 0.3) is 0 Å². The third kappa shape index (κ3) is 4.55. The molecule has 136 valence electrons. The van der Waals surface area contributed by atoms with Gasteiger partial charge in [0.1, 0.15) is 5.82 Å². The lowest BCUT2D eigenvalue weighted by Gasteiger charge is -2.36. The number of hydrogen-bond donors (Lipinski definition) is 1. The van der Waals surface area contributed by atoms with E-state index >= 15 is 0 Å². The van der Waals surface area contributed by atoms with Crippen LogP contribution in [0, 0.1) is 11.7 Å². The molecule has 0 bridgehead atoms. The Balaban J connectivity index is 1.51. The topological polar surface area (TPSA) is 75.9 Å². The van der Waals surface area contributed by atoms with Crippen molar-refractivity contribution in [2.75, 3.05) is 39.3 Å². The average Bonchev–Trinajstić information content (AvgIpc) is 2.62. The second-order valence-electron chi connectivity index (χ2n) is 6.70. The highest BCUT2D eigenvalue weighted by molar-refractivity contribution is 5.80. The fourth-order valence-corrected chi connectivity index (χ4v) is 3.43. The van der Waals surface area contributed by atoms with Crippen molar-refractivity contribution in [2.24, 2.45) is 11.7 Å². The van der Waals surface area contributed by atoms with Gasteiger partial charge < -0.3 is 15.4 Å². The van der Waals surface area contributed by atoms with Crippen molar-refractivity contribution in [2.45, 2.75) is 18.9 Å². The molecule has 2 N–H and O–H groups in total. The maximum Gasteiger partial charge on any atom is 0.236 e. The van der Waals surface area contributed by atoms with E-state index in [0.717, 1.165) is 5.56 Å². The van der Waals surface area contributed by atoms with Gasteiger partial charge >= 0.3 is 0 Å². The predicted molar refractivity (Wildman–Crippen MR) is 90.0 cm³/mol. The van der Waals surface area contributed by atoms with Crippen molar-refractivity contribution in [1.29, 1.82) is 0 Å². The van der Waals surface area contributed by atoms with Gasteiger partial charge in [-0.25, -0.2) is 4.39 Å². The number of halogens is 1. The van der Waals surface area contributed by atoms with Gasteiger partial charge in [0.25, 0.3) is 0 Å². The van der Waals surface area contributed by atoms with Gasteiger partial charge in [0.05, 0.1) is 19.3 Å². The van der Waals surface area contributed by atoms with Crippen molar-refractivity contribution < 1.29 is 18.7 Å². The van der Waals surface area contributed by atoms with Gasteiger partial charge in [-0.1, -0.05) is 12.1 Å². The number of primary amides is 1. The number of benzene rings is 1. The fraction of sp³-hybridized carbons (Fsp3) is 0.556. The van der Waals surface area contributed by atoms with Crippen molar-refractivity contribution in [3.8, 4) is 0 Å². The van der Waals surface area contributed by atoms with Crippen LogP contribution in [-0.4, -0.2) is 60.9 Å². The zero-order valence-corrected chi connectivity index (χ0v) is 14.2. The molecule has 2 aliphatic rings. The lowest BCUT2D eigenvalue weighted by molar-refractivity contribution is -0.137. The molecule has 6 nitrogen and oxygen atoms in total. The van der Waals surface area contributed by atoms with E-state index in [9.17, 15) is 14.0 Å². The van der Waals surface area contributed by atoms with E-state index in [1.165, 1.54) is 12.1 Å². The summed E-state index contributed by atoms with van der Waals surface area (Å²) in [6.45, 7) is 3.34. The van der Waals surface area contributed by atoms with Gasteiger partial charge in [-0.3, -0.25) is 14.5 Å². The number of hydrogen-bond acceptors (Lipinski definition) is 4. The Bertz CT molecular complexity index is 614. The summed E-state index contributed by atoms with van der Waals surface area (Å²) in [5, 5.41) is 0. The maximum atomic E-state index is 13.1. The van der Waals surface area contributed by atoms with Gasteiger partial charge in [-0.2, -0.15) is 0 Å². The standard InChI is InChI=1S/C18H24FN3O3/c19-15-3-1-13(2-4-15)16-11-21(9-10-25-16)12-17(23)22-7-5-14(6-8-22)18(20)24/h1-4,14,16H,5-12H2,(H2,20,24). The maximum absolute atomic E-state index is 13.1. The Hall–Kier alpha value is -1.99. The molecule has 2 fully saturated rings. The van der Waals surface area contributed by atoms with E-state index in [1.54, 1.807) is 12.1 Å². The van der Waals surface area contributed by atoms with E-state index in [1.807, 2.05) is 4.90 Å². The molecule has 0 radical (unpaired) electrons. The predicted octanol–water partition coefficient (Wildman–Crippen LogP) is 0.923. The number of carbonyl (C=O) groups is 2. The number of morpholine rings is 1. The molecule has 2 heterocycles. The lowest BCUT2D eigenvalue weighted by atomic mass is 9.96. The van der Waals surface area contributed by atoms with E-state index in [0.29, 0.717) is 52.2 Å². The third-order valence-corrected chi connectivity index (χ3v) is 5.00. The number of carbonyl (C=O) groups excluding carboxylic acids is 2. The van der Waals surface area contributed by atoms with Crippen LogP contribution in [0.1, 0.15) is 24.5 Å². The first-order valence-corrected chi connectivity index (χ1v) is 8.69. The SMILES string of the molecule is NC(=O)C1CCN(C(=O)CN2CCOC(c3ccc(F)cc3)C2)CC1. The molecule has 0 aromatic heterocycles. The lowest BCUT2D eigenvalue weighted by Crippen LogP contribution is -2.48. The van der Waals surface area contributed by atoms with Gasteiger partial charge in [0, 0.05) is 32.1 Å². The quantitative estimate of drug-likeness (QED) is 0.877. The van der Waals surface area contributed by atoms with E-state index < -0.39 is 0 Å². The Morgan fingerprint density at radius 1 is 1.16 bits per heavy atom. The van der Waals surface area contributed by atoms with Crippen LogP contribution in [0.4, 0.5) is 4.39 Å². The second-order valence-corrected chi connectivity index (χ2v) is 6.70. The highest BCUT2D eigenvalue weighted by Gasteiger charge is 2.28. The minimum absolute atomic E-state index is 0.0719. The number of piperidine rings is 1. The van der Waals surface area contributed by atoms with Crippen LogP contribution in [0.3, 0.4) is 0 Å². The minimum atomic E-state index is -0.276. The van der Waals surface area contributed by atoms with Crippen molar-refractivity contribution in [3.63, 3.8) is 0 Å². The normalized spacial score (nSPS) is 22.8. The Morgan fingerprint density at radius 2 is 1.84 bits per heavy atom. The minimum Gasteiger partial charge on any atom is -0.371 e. The van der Waals surface area contributed by atoms with Crippen LogP contribution in [0.5, 0.6) is 0 Å². The molecular formula is C18H24FN3O3. The first-order valence-electron chi connectivity index (χ1n) is 8.69. The number of nitrogens with two attached hydrogens (primary N) is 1. The van der Waals surface area contributed by atoms with Gasteiger partial charge in [-0.05, 0) is 30.5 Å². The molecular weight excluding hydrogens is 325 g/mol. The first kappa shape index (κ1) is 17.8. The average molecular weight is 349 g/mol. The zero-order valence-electron chi connectivity index (χ0n) is 14.2. The highest BCUT2D eigenvalue weighted by Crippen LogP contribution is 2.23. The fourth-order valence-electron chi connectivity index (χ4n) is 3.43. The first-order chi connectivity index (χ1) is 12.0. The molecule has 2 saturated heterocycles. The van der Waals surface area contributed by atoms with Gasteiger partial charge in [0.2, 0.25) is 11.8 Å². The van der Waals surface area contributed by atoms with Crippen LogP contribution >= 0.6 is 0 Å². The molecule has 7 heteroatoms. The molecule has 25 heavy (non-hydrogen) atoms. The molecule has 1 aromatic carbocycles. The summed E-state index contributed by atoms with van der Waals surface area (Å²) in [5.74, 6) is -0.591. The highest BCUT2D eigenvalue weighted by atomic mass is 19.1. The van der Waals surface area contributed by atoms with Crippen molar-refractivity contribution >= 4 is 11.8 Å². The molecule has 2 aliphatic heterocycles. The number of ether oxygens (including phenoxy) is 1. The van der Waals surface area contributed by atoms with Gasteiger partial charge in [0.15, 0.2) is 0 Å². The third-order valence-electron chi connectivity index (χ3n) is 5.00. The van der Waals surface area contributed by atoms with Crippen LogP contribution < -0.4 is 5.73 Å². The Kier molecular flexibility index (Phi) is 5.65. The van der Waals surface area contributed by atoms with E-state index in [2.05, 4.69) is 4.90 Å². The summed E-state index contributed by atoms with van der Waals surface area (Å²) in [6, 6.07) is 6.29. The summed E-state index contributed by atoms with van der Waals surface area (Å²) in [4.78, 5) is 27.6. The monoisotopic (exact) mass is 349 g/mol. The van der Waals surface area contributed by atoms with Crippen molar-refractivity contribution in [3.05, 3.63) is 35.6 Å². The molecule has 2 amide bonds. The molecule has 1 unspecified atom stereocenters. The zero-order chi connectivity index (χ0) is 17.8. The van der Waals surface area contributed by atoms with Crippen LogP contribution in [0.15, 0.2) is 24.3 Å². The van der Waals surface area contributed by atoms with Crippen LogP contribution in [-0.2, 0) is 14.3 Å². The van der Waals surface area contributed by atoms with E-state index in [-0.39, 0.29) is 29.7 Å². The molecule has 1 aromatic rings. The summed E-state index contributed by atoms with van der Waals surface area (Å²) in [6.07, 6.45) is 1.13.